The van der Waals surface area contributed by atoms with E-state index in [0.717, 1.165) is 0 Å². The first kappa shape index (κ1) is 10.0. The fourth-order valence-corrected chi connectivity index (χ4v) is 1.56. The highest BCUT2D eigenvalue weighted by atomic mass is 79.9. The number of nitrogens with zero attached hydrogens (tertiary/aromatic N) is 1. The number of hydrogen-bond acceptors (Lipinski definition) is 2. The average Bonchev–Trinajstić information content (AvgIpc) is 1.97. The summed E-state index contributed by atoms with van der Waals surface area (Å²) in [6.45, 7) is 0. The van der Waals surface area contributed by atoms with Gasteiger partial charge in [-0.1, -0.05) is 17.7 Å². The van der Waals surface area contributed by atoms with Crippen molar-refractivity contribution in [2.45, 2.75) is 11.4 Å². The Hall–Kier alpha value is -0.0600. The van der Waals surface area contributed by atoms with E-state index in [1.165, 1.54) is 6.08 Å². The predicted octanol–water partition coefficient (Wildman–Crippen LogP) is 3.00. The summed E-state index contributed by atoms with van der Waals surface area (Å²) in [5, 5.41) is 10.7. The summed E-state index contributed by atoms with van der Waals surface area (Å²) in [6, 6.07) is 0. The van der Waals surface area contributed by atoms with Gasteiger partial charge in [0.1, 0.15) is 0 Å². The third kappa shape index (κ3) is 1.81. The predicted molar refractivity (Wildman–Crippen MR) is 51.1 cm³/mol. The van der Waals surface area contributed by atoms with Crippen molar-refractivity contribution < 1.29 is 4.92 Å². The molecule has 12 heavy (non-hydrogen) atoms. The lowest BCUT2D eigenvalue weighted by Crippen LogP contribution is -2.30. The quantitative estimate of drug-likeness (QED) is 0.319. The van der Waals surface area contributed by atoms with Gasteiger partial charge in [-0.05, 0) is 27.5 Å². The van der Waals surface area contributed by atoms with Gasteiger partial charge in [0.05, 0.1) is 11.5 Å². The van der Waals surface area contributed by atoms with Crippen molar-refractivity contribution in [3.63, 3.8) is 0 Å². The first-order valence-electron chi connectivity index (χ1n) is 3.03. The summed E-state index contributed by atoms with van der Waals surface area (Å²) >= 11 is 14.4. The van der Waals surface area contributed by atoms with E-state index in [1.54, 1.807) is 6.08 Å². The Bertz CT molecular complexity index is 289. The molecule has 1 aliphatic carbocycles. The van der Waals surface area contributed by atoms with E-state index in [4.69, 9.17) is 23.2 Å². The van der Waals surface area contributed by atoms with Gasteiger partial charge in [-0.15, -0.1) is 0 Å². The summed E-state index contributed by atoms with van der Waals surface area (Å²) in [5.41, 5.74) is 0. The highest BCUT2D eigenvalue weighted by molar-refractivity contribution is 9.12. The maximum absolute atomic E-state index is 10.5. The van der Waals surface area contributed by atoms with Crippen molar-refractivity contribution >= 4 is 39.1 Å². The van der Waals surface area contributed by atoms with Crippen LogP contribution >= 0.6 is 39.1 Å². The Morgan fingerprint density at radius 3 is 2.75 bits per heavy atom. The van der Waals surface area contributed by atoms with Gasteiger partial charge in [-0.3, -0.25) is 10.1 Å². The molecular weight excluding hydrogens is 269 g/mol. The first-order chi connectivity index (χ1) is 5.46. The monoisotopic (exact) mass is 271 g/mol. The minimum atomic E-state index is -1.58. The molecule has 1 atom stereocenters. The molecule has 0 saturated heterocycles. The van der Waals surface area contributed by atoms with Crippen LogP contribution in [-0.4, -0.2) is 9.92 Å². The van der Waals surface area contributed by atoms with Crippen molar-refractivity contribution in [3.8, 4) is 0 Å². The van der Waals surface area contributed by atoms with Gasteiger partial charge in [0.2, 0.25) is 0 Å². The molecule has 6 heteroatoms. The van der Waals surface area contributed by atoms with Gasteiger partial charge in [0.15, 0.2) is 0 Å². The highest BCUT2D eigenvalue weighted by Gasteiger charge is 2.39. The van der Waals surface area contributed by atoms with Gasteiger partial charge in [0.25, 0.3) is 0 Å². The molecule has 0 aromatic carbocycles. The molecule has 0 saturated carbocycles. The second-order valence-corrected chi connectivity index (χ2v) is 4.24. The number of alkyl halides is 1. The van der Waals surface area contributed by atoms with Crippen molar-refractivity contribution in [3.05, 3.63) is 31.8 Å². The van der Waals surface area contributed by atoms with Crippen LogP contribution in [0.5, 0.6) is 0 Å². The maximum atomic E-state index is 10.5. The Morgan fingerprint density at radius 1 is 1.75 bits per heavy atom. The van der Waals surface area contributed by atoms with E-state index in [9.17, 15) is 10.1 Å². The van der Waals surface area contributed by atoms with E-state index < -0.39 is 9.92 Å². The molecule has 3 nitrogen and oxygen atoms in total. The van der Waals surface area contributed by atoms with Crippen LogP contribution in [0.4, 0.5) is 0 Å². The molecule has 0 aromatic heterocycles. The molecule has 0 radical (unpaired) electrons. The van der Waals surface area contributed by atoms with Crippen LogP contribution in [0.1, 0.15) is 6.42 Å². The molecule has 1 aliphatic rings. The van der Waals surface area contributed by atoms with E-state index in [1.807, 2.05) is 0 Å². The summed E-state index contributed by atoms with van der Waals surface area (Å²) < 4.78 is 0.641. The highest BCUT2D eigenvalue weighted by Crippen LogP contribution is 2.35. The minimum absolute atomic E-state index is 0.137. The fourth-order valence-electron chi connectivity index (χ4n) is 0.780. The zero-order chi connectivity index (χ0) is 9.35. The minimum Gasteiger partial charge on any atom is -0.262 e. The lowest BCUT2D eigenvalue weighted by molar-refractivity contribution is -0.527. The molecule has 0 aromatic rings. The van der Waals surface area contributed by atoms with Crippen LogP contribution in [-0.2, 0) is 0 Å². The summed E-state index contributed by atoms with van der Waals surface area (Å²) in [7, 11) is 0. The zero-order valence-electron chi connectivity index (χ0n) is 5.76. The van der Waals surface area contributed by atoms with Gasteiger partial charge in [-0.25, -0.2) is 0 Å². The topological polar surface area (TPSA) is 43.1 Å². The Labute approximate surface area is 87.3 Å². The lowest BCUT2D eigenvalue weighted by Gasteiger charge is -2.16. The largest absolute Gasteiger partial charge is 0.318 e. The van der Waals surface area contributed by atoms with Gasteiger partial charge in [0, 0.05) is 15.5 Å². The Balaban J connectivity index is 2.98. The second-order valence-electron chi connectivity index (χ2n) is 2.32. The number of halogens is 3. The number of hydrogen-bond donors (Lipinski definition) is 0. The second kappa shape index (κ2) is 3.36. The third-order valence-corrected chi connectivity index (χ3v) is 3.14. The van der Waals surface area contributed by atoms with E-state index >= 15 is 0 Å². The molecular formula is C6H4BrCl2NO2. The smallest absolute Gasteiger partial charge is 0.262 e. The molecule has 66 valence electrons. The normalized spacial score (nSPS) is 29.2. The van der Waals surface area contributed by atoms with Crippen molar-refractivity contribution in [1.82, 2.24) is 0 Å². The first-order valence-corrected chi connectivity index (χ1v) is 4.58. The van der Waals surface area contributed by atoms with Crippen molar-refractivity contribution in [2.24, 2.45) is 0 Å². The Kier molecular flexibility index (Phi) is 2.81. The van der Waals surface area contributed by atoms with Crippen LogP contribution < -0.4 is 0 Å². The molecule has 1 rings (SSSR count). The average molecular weight is 273 g/mol. The number of allylic oxidation sites excluding steroid dienone is 2. The summed E-state index contributed by atoms with van der Waals surface area (Å²) in [5.74, 6) is 0. The molecule has 0 bridgehead atoms. The lowest BCUT2D eigenvalue weighted by atomic mass is 10.1. The molecule has 0 N–H and O–H groups in total. The standard InChI is InChI=1S/C6H4BrCl2NO2/c7-4-1-2-6(9,10(11)12)3-5(4)8/h1,3H,2H2. The Morgan fingerprint density at radius 2 is 2.33 bits per heavy atom. The molecule has 1 unspecified atom stereocenters. The maximum Gasteiger partial charge on any atom is 0.318 e. The van der Waals surface area contributed by atoms with Crippen molar-refractivity contribution in [1.29, 1.82) is 0 Å². The van der Waals surface area contributed by atoms with Crippen LogP contribution in [0.3, 0.4) is 0 Å². The summed E-state index contributed by atoms with van der Waals surface area (Å²) in [6.07, 6.45) is 2.94. The van der Waals surface area contributed by atoms with Crippen LogP contribution in [0.2, 0.25) is 0 Å². The molecule has 0 aliphatic heterocycles. The third-order valence-electron chi connectivity index (χ3n) is 1.45. The van der Waals surface area contributed by atoms with Crippen LogP contribution in [0.15, 0.2) is 21.7 Å². The number of rotatable bonds is 1. The van der Waals surface area contributed by atoms with E-state index in [0.29, 0.717) is 4.48 Å². The molecule has 0 amide bonds. The molecule has 0 heterocycles. The van der Waals surface area contributed by atoms with Crippen LogP contribution in [0, 0.1) is 10.1 Å². The SMILES string of the molecule is O=[N+]([O-])C1(Cl)C=C(Cl)C(Br)=CC1. The van der Waals surface area contributed by atoms with Gasteiger partial charge in [-0.2, -0.15) is 0 Å². The van der Waals surface area contributed by atoms with Gasteiger partial charge < -0.3 is 0 Å². The number of nitro groups is 1. The molecule has 0 fully saturated rings. The fraction of sp³-hybridized carbons (Fsp3) is 0.333. The summed E-state index contributed by atoms with van der Waals surface area (Å²) in [4.78, 5) is 8.32. The van der Waals surface area contributed by atoms with E-state index in [2.05, 4.69) is 15.9 Å². The van der Waals surface area contributed by atoms with E-state index in [-0.39, 0.29) is 11.5 Å². The van der Waals surface area contributed by atoms with Crippen LogP contribution in [0.25, 0.3) is 0 Å². The van der Waals surface area contributed by atoms with Crippen molar-refractivity contribution in [2.75, 3.05) is 0 Å². The zero-order valence-corrected chi connectivity index (χ0v) is 8.86. The van der Waals surface area contributed by atoms with Gasteiger partial charge >= 0.3 is 5.00 Å². The molecule has 0 spiro atoms.